The minimum absolute atomic E-state index is 0.0218. The van der Waals surface area contributed by atoms with Gasteiger partial charge < -0.3 is 4.42 Å². The quantitative estimate of drug-likeness (QED) is 0.164. The summed E-state index contributed by atoms with van der Waals surface area (Å²) in [5, 5.41) is 1.95. The molecule has 0 N–H and O–H groups in total. The Labute approximate surface area is 356 Å². The van der Waals surface area contributed by atoms with Gasteiger partial charge in [-0.2, -0.15) is 0 Å². The molecule has 12 aromatic rings. The van der Waals surface area contributed by atoms with Crippen LogP contribution in [0.5, 0.6) is 0 Å². The second-order valence-electron chi connectivity index (χ2n) is 13.7. The molecule has 0 fully saturated rings. The molecule has 1 heterocycles. The fourth-order valence-electron chi connectivity index (χ4n) is 8.18. The fourth-order valence-corrected chi connectivity index (χ4v) is 8.18. The van der Waals surface area contributed by atoms with Crippen LogP contribution in [0.15, 0.2) is 210 Å². The first kappa shape index (κ1) is 18.4. The van der Waals surface area contributed by atoms with Crippen LogP contribution in [0.3, 0.4) is 0 Å². The smallest absolute Gasteiger partial charge is 0.143 e. The average Bonchev–Trinajstić information content (AvgIpc) is 3.84. The van der Waals surface area contributed by atoms with E-state index in [1.165, 1.54) is 6.07 Å². The van der Waals surface area contributed by atoms with Crippen LogP contribution in [-0.4, -0.2) is 0 Å². The molecule has 12 rings (SSSR count). The van der Waals surface area contributed by atoms with Crippen molar-refractivity contribution in [1.29, 1.82) is 0 Å². The van der Waals surface area contributed by atoms with Crippen molar-refractivity contribution in [3.05, 3.63) is 206 Å². The summed E-state index contributed by atoms with van der Waals surface area (Å²) < 4.78 is 176. The van der Waals surface area contributed by atoms with Crippen molar-refractivity contribution in [3.63, 3.8) is 0 Å². The number of hydrogen-bond donors (Lipinski definition) is 0. The molecule has 0 aliphatic rings. The summed E-state index contributed by atoms with van der Waals surface area (Å²) in [5.74, 6) is 0. The number of para-hydroxylation sites is 1. The standard InChI is InChI=1S/C56H34O/c1-2-16-38-33-39(28-27-35(38)13-1)40-30-32-52-51(34-40)50-26-12-25-49(56(50)57-52)48-31-29-37-15-4-6-19-42(37)54(48)55-46-22-9-7-20-44(46)53(45-21-8-10-23-47(45)55)43-24-11-17-36-14-3-5-18-41(36)43/h1-34H/i1D,2D,3D,4D,5D,6D,11D,13D,14D,15D,16D,17D,18D,19D,27D,28D,29D,31D,33D. The Bertz CT molecular complexity index is 4640. The minimum Gasteiger partial charge on any atom is -0.455 e. The van der Waals surface area contributed by atoms with Crippen molar-refractivity contribution in [2.24, 2.45) is 0 Å². The van der Waals surface area contributed by atoms with Crippen molar-refractivity contribution in [3.8, 4) is 44.5 Å². The van der Waals surface area contributed by atoms with Crippen LogP contribution in [0.2, 0.25) is 0 Å². The van der Waals surface area contributed by atoms with Crippen molar-refractivity contribution in [2.75, 3.05) is 0 Å². The highest BCUT2D eigenvalue weighted by Gasteiger charge is 2.23. The van der Waals surface area contributed by atoms with Crippen molar-refractivity contribution in [2.45, 2.75) is 0 Å². The van der Waals surface area contributed by atoms with Gasteiger partial charge in [0.15, 0.2) is 0 Å². The molecular formula is C56H34O. The van der Waals surface area contributed by atoms with Gasteiger partial charge in [-0.3, -0.25) is 0 Å². The van der Waals surface area contributed by atoms with Crippen LogP contribution in [0.25, 0.3) is 120 Å². The van der Waals surface area contributed by atoms with Gasteiger partial charge in [-0.05, 0) is 111 Å². The lowest BCUT2D eigenvalue weighted by atomic mass is 9.81. The van der Waals surface area contributed by atoms with Crippen LogP contribution in [0, 0.1) is 0 Å². The number of hydrogen-bond acceptors (Lipinski definition) is 1. The molecule has 11 aromatic carbocycles. The molecule has 0 spiro atoms. The van der Waals surface area contributed by atoms with Crippen molar-refractivity contribution in [1.82, 2.24) is 0 Å². The van der Waals surface area contributed by atoms with Gasteiger partial charge in [-0.1, -0.05) is 188 Å². The molecule has 0 atom stereocenters. The molecule has 0 unspecified atom stereocenters. The molecular weight excluding hydrogens is 689 g/mol. The molecule has 57 heavy (non-hydrogen) atoms. The van der Waals surface area contributed by atoms with E-state index in [9.17, 15) is 6.85 Å². The molecule has 0 saturated heterocycles. The first-order valence-corrected chi connectivity index (χ1v) is 18.1. The Morgan fingerprint density at radius 3 is 1.72 bits per heavy atom. The maximum absolute atomic E-state index is 9.95. The molecule has 264 valence electrons. The molecule has 0 radical (unpaired) electrons. The second-order valence-corrected chi connectivity index (χ2v) is 13.7. The maximum Gasteiger partial charge on any atom is 0.143 e. The number of benzene rings is 11. The van der Waals surface area contributed by atoms with Crippen LogP contribution >= 0.6 is 0 Å². The van der Waals surface area contributed by atoms with E-state index in [0.29, 0.717) is 49.0 Å². The van der Waals surface area contributed by atoms with Gasteiger partial charge in [-0.15, -0.1) is 0 Å². The summed E-state index contributed by atoms with van der Waals surface area (Å²) in [7, 11) is 0. The van der Waals surface area contributed by atoms with Gasteiger partial charge in [-0.25, -0.2) is 0 Å². The number of rotatable bonds is 4. The Balaban J connectivity index is 1.22. The number of fused-ring (bicyclic) bond motifs is 8. The second kappa shape index (κ2) is 12.5. The monoisotopic (exact) mass is 741 g/mol. The van der Waals surface area contributed by atoms with Gasteiger partial charge in [0.2, 0.25) is 0 Å². The van der Waals surface area contributed by atoms with E-state index >= 15 is 0 Å². The largest absolute Gasteiger partial charge is 0.455 e. The lowest BCUT2D eigenvalue weighted by molar-refractivity contribution is 0.670. The average molecular weight is 742 g/mol. The fraction of sp³-hybridized carbons (Fsp3) is 0. The van der Waals surface area contributed by atoms with Gasteiger partial charge in [0, 0.05) is 16.3 Å². The van der Waals surface area contributed by atoms with Gasteiger partial charge in [0.1, 0.15) is 11.2 Å². The summed E-state index contributed by atoms with van der Waals surface area (Å²) >= 11 is 0. The maximum atomic E-state index is 9.95. The normalized spacial score (nSPS) is 16.5. The summed E-state index contributed by atoms with van der Waals surface area (Å²) in [4.78, 5) is 0. The van der Waals surface area contributed by atoms with E-state index in [1.807, 2.05) is 0 Å². The topological polar surface area (TPSA) is 13.1 Å². The molecule has 1 aromatic heterocycles. The highest BCUT2D eigenvalue weighted by molar-refractivity contribution is 6.27. The third kappa shape index (κ3) is 4.89. The Morgan fingerprint density at radius 1 is 0.333 bits per heavy atom. The van der Waals surface area contributed by atoms with E-state index in [4.69, 9.17) is 23.6 Å². The molecule has 0 bridgehead atoms. The Kier molecular flexibility index (Phi) is 4.05. The van der Waals surface area contributed by atoms with E-state index < -0.39 is 96.7 Å². The molecule has 0 amide bonds. The van der Waals surface area contributed by atoms with Gasteiger partial charge in [0.05, 0.1) is 26.0 Å². The zero-order chi connectivity index (χ0) is 54.0. The van der Waals surface area contributed by atoms with E-state index in [1.54, 1.807) is 84.9 Å². The third-order valence-electron chi connectivity index (χ3n) is 10.6. The predicted molar refractivity (Wildman–Crippen MR) is 243 cm³/mol. The minimum atomic E-state index is -0.610. The van der Waals surface area contributed by atoms with Gasteiger partial charge >= 0.3 is 0 Å². The Morgan fingerprint density at radius 2 is 0.947 bits per heavy atom. The first-order chi connectivity index (χ1) is 36.2. The van der Waals surface area contributed by atoms with Crippen LogP contribution < -0.4 is 0 Å². The molecule has 0 aliphatic carbocycles. The lowest BCUT2D eigenvalue weighted by Crippen LogP contribution is -1.94. The third-order valence-corrected chi connectivity index (χ3v) is 10.6. The van der Waals surface area contributed by atoms with Crippen molar-refractivity contribution >= 4 is 75.8 Å². The predicted octanol–water partition coefficient (Wildman–Crippen LogP) is 16.0. The summed E-state index contributed by atoms with van der Waals surface area (Å²) in [6, 6.07) is 16.2. The highest BCUT2D eigenvalue weighted by Crippen LogP contribution is 2.50. The summed E-state index contributed by atoms with van der Waals surface area (Å²) in [6.45, 7) is 0. The van der Waals surface area contributed by atoms with Crippen LogP contribution in [-0.2, 0) is 0 Å². The van der Waals surface area contributed by atoms with E-state index in [-0.39, 0.29) is 89.4 Å². The first-order valence-electron chi connectivity index (χ1n) is 27.6. The zero-order valence-corrected chi connectivity index (χ0v) is 29.6. The molecule has 0 saturated carbocycles. The zero-order valence-electron chi connectivity index (χ0n) is 48.6. The summed E-state index contributed by atoms with van der Waals surface area (Å²) in [6.07, 6.45) is 0. The van der Waals surface area contributed by atoms with Crippen molar-refractivity contribution < 1.29 is 30.5 Å². The summed E-state index contributed by atoms with van der Waals surface area (Å²) in [5.41, 5.74) is 2.23. The highest BCUT2D eigenvalue weighted by atomic mass is 16.3. The SMILES string of the molecule is [2H]c1cc(-c2c3ccccc3c(-c3c(-c4cccc5c4oc4ccc(-c6c([2H])c([2H])c7c([2H])c([2H])c([2H])c([2H])c7c6[2H])cc45)c([2H])c([2H])c4c([2H])c([2H])c([2H])c([2H])c34)c3ccccc23)c2c([2H])c([2H])c([2H])c([2H])c2c1[2H]. The van der Waals surface area contributed by atoms with E-state index in [0.717, 1.165) is 0 Å². The Hall–Kier alpha value is -7.48. The molecule has 0 aliphatic heterocycles. The molecule has 1 nitrogen and oxygen atoms in total. The lowest BCUT2D eigenvalue weighted by Gasteiger charge is -2.22. The van der Waals surface area contributed by atoms with Gasteiger partial charge in [0.25, 0.3) is 0 Å². The number of furan rings is 1. The van der Waals surface area contributed by atoms with Crippen LogP contribution in [0.4, 0.5) is 0 Å². The van der Waals surface area contributed by atoms with Crippen LogP contribution in [0.1, 0.15) is 26.0 Å². The molecule has 1 heteroatoms. The van der Waals surface area contributed by atoms with E-state index in [2.05, 4.69) is 0 Å².